The lowest BCUT2D eigenvalue weighted by atomic mass is 9.46. The van der Waals surface area contributed by atoms with E-state index in [2.05, 4.69) is 10.6 Å². The van der Waals surface area contributed by atoms with Crippen LogP contribution in [0, 0.1) is 17.3 Å². The predicted molar refractivity (Wildman–Crippen MR) is 80.3 cm³/mol. The Morgan fingerprint density at radius 1 is 1.23 bits per heavy atom. The first-order valence-corrected chi connectivity index (χ1v) is 8.29. The molecule has 0 heterocycles. The Kier molecular flexibility index (Phi) is 3.83. The van der Waals surface area contributed by atoms with Crippen molar-refractivity contribution in [2.45, 2.75) is 63.5 Å². The standard InChI is InChI=1S/C16H26N2O4/c1-10(18-14(21)17-3-2-13(19)20)15-5-11-4-12(6-15)8-16(22,7-11)9-15/h10-12,22H,2-9H2,1H3,(H,19,20)(H2,17,18,21). The van der Waals surface area contributed by atoms with Crippen molar-refractivity contribution in [3.05, 3.63) is 0 Å². The molecule has 2 amide bonds. The maximum Gasteiger partial charge on any atom is 0.315 e. The van der Waals surface area contributed by atoms with Gasteiger partial charge in [0.15, 0.2) is 0 Å². The third-order valence-corrected chi connectivity index (χ3v) is 5.97. The van der Waals surface area contributed by atoms with Crippen LogP contribution in [0.5, 0.6) is 0 Å². The van der Waals surface area contributed by atoms with Gasteiger partial charge in [-0.2, -0.15) is 0 Å². The minimum atomic E-state index is -0.920. The lowest BCUT2D eigenvalue weighted by molar-refractivity contribution is -0.170. The van der Waals surface area contributed by atoms with Crippen LogP contribution < -0.4 is 10.6 Å². The fourth-order valence-corrected chi connectivity index (χ4v) is 5.47. The first-order valence-electron chi connectivity index (χ1n) is 8.29. The normalized spacial score (nSPS) is 40.3. The summed E-state index contributed by atoms with van der Waals surface area (Å²) in [5.74, 6) is 0.257. The predicted octanol–water partition coefficient (Wildman–Crippen LogP) is 1.48. The maximum atomic E-state index is 11.9. The maximum absolute atomic E-state index is 11.9. The van der Waals surface area contributed by atoms with E-state index >= 15 is 0 Å². The third-order valence-electron chi connectivity index (χ3n) is 5.97. The summed E-state index contributed by atoms with van der Waals surface area (Å²) < 4.78 is 0. The number of carbonyl (C=O) groups excluding carboxylic acids is 1. The zero-order valence-corrected chi connectivity index (χ0v) is 13.1. The topological polar surface area (TPSA) is 98.7 Å². The number of nitrogens with one attached hydrogen (secondary N) is 2. The van der Waals surface area contributed by atoms with Crippen LogP contribution in [-0.4, -0.2) is 40.4 Å². The van der Waals surface area contributed by atoms with Gasteiger partial charge in [0, 0.05) is 12.6 Å². The van der Waals surface area contributed by atoms with E-state index in [1.54, 1.807) is 0 Å². The molecule has 0 aromatic carbocycles. The average molecular weight is 310 g/mol. The zero-order chi connectivity index (χ0) is 16.0. The van der Waals surface area contributed by atoms with Crippen molar-refractivity contribution >= 4 is 12.0 Å². The summed E-state index contributed by atoms with van der Waals surface area (Å²) in [6, 6.07) is -0.314. The van der Waals surface area contributed by atoms with E-state index in [9.17, 15) is 14.7 Å². The molecule has 124 valence electrons. The van der Waals surface area contributed by atoms with Gasteiger partial charge in [0.1, 0.15) is 0 Å². The second-order valence-electron chi connectivity index (χ2n) is 7.81. The molecule has 3 atom stereocenters. The molecule has 4 aliphatic carbocycles. The molecular weight excluding hydrogens is 284 g/mol. The molecule has 0 aromatic rings. The van der Waals surface area contributed by atoms with Gasteiger partial charge >= 0.3 is 12.0 Å². The Bertz CT molecular complexity index is 465. The van der Waals surface area contributed by atoms with Crippen molar-refractivity contribution in [3.8, 4) is 0 Å². The monoisotopic (exact) mass is 310 g/mol. The molecule has 0 radical (unpaired) electrons. The number of aliphatic carboxylic acids is 1. The van der Waals surface area contributed by atoms with Crippen molar-refractivity contribution in [2.75, 3.05) is 6.54 Å². The van der Waals surface area contributed by atoms with Crippen LogP contribution in [0.3, 0.4) is 0 Å². The van der Waals surface area contributed by atoms with Gasteiger partial charge < -0.3 is 20.8 Å². The summed E-state index contributed by atoms with van der Waals surface area (Å²) in [4.78, 5) is 22.4. The number of carboxylic acid groups (broad SMARTS) is 1. The molecule has 4 bridgehead atoms. The Morgan fingerprint density at radius 3 is 2.41 bits per heavy atom. The number of amides is 2. The summed E-state index contributed by atoms with van der Waals surface area (Å²) in [5.41, 5.74) is -0.525. The molecule has 6 heteroatoms. The first-order chi connectivity index (χ1) is 10.3. The average Bonchev–Trinajstić information content (AvgIpc) is 2.34. The molecule has 3 unspecified atom stereocenters. The van der Waals surface area contributed by atoms with E-state index in [0.29, 0.717) is 11.8 Å². The molecule has 4 rings (SSSR count). The van der Waals surface area contributed by atoms with E-state index < -0.39 is 11.6 Å². The zero-order valence-electron chi connectivity index (χ0n) is 13.1. The highest BCUT2D eigenvalue weighted by Crippen LogP contribution is 2.62. The Labute approximate surface area is 130 Å². The van der Waals surface area contributed by atoms with E-state index in [1.807, 2.05) is 6.92 Å². The smallest absolute Gasteiger partial charge is 0.315 e. The highest BCUT2D eigenvalue weighted by atomic mass is 16.4. The molecule has 4 saturated carbocycles. The molecule has 4 N–H and O–H groups in total. The van der Waals surface area contributed by atoms with Crippen LogP contribution in [0.4, 0.5) is 4.79 Å². The van der Waals surface area contributed by atoms with Crippen LogP contribution in [0.25, 0.3) is 0 Å². The SMILES string of the molecule is CC(NC(=O)NCCC(=O)O)C12CC3CC(CC(O)(C3)C1)C2. The summed E-state index contributed by atoms with van der Waals surface area (Å²) in [6.45, 7) is 2.16. The van der Waals surface area contributed by atoms with Crippen molar-refractivity contribution in [1.29, 1.82) is 0 Å². The second kappa shape index (κ2) is 5.41. The van der Waals surface area contributed by atoms with Crippen LogP contribution in [0.1, 0.15) is 51.9 Å². The Morgan fingerprint density at radius 2 is 1.86 bits per heavy atom. The number of urea groups is 1. The fraction of sp³-hybridized carbons (Fsp3) is 0.875. The summed E-state index contributed by atoms with van der Waals surface area (Å²) >= 11 is 0. The number of rotatable bonds is 5. The van der Waals surface area contributed by atoms with E-state index in [1.165, 1.54) is 6.42 Å². The molecular formula is C16H26N2O4. The van der Waals surface area contributed by atoms with E-state index in [-0.39, 0.29) is 30.5 Å². The molecule has 0 spiro atoms. The molecule has 4 fully saturated rings. The molecule has 4 aliphatic rings. The van der Waals surface area contributed by atoms with E-state index in [0.717, 1.165) is 32.1 Å². The number of hydrogen-bond donors (Lipinski definition) is 4. The molecule has 0 aromatic heterocycles. The summed E-state index contributed by atoms with van der Waals surface area (Å²) in [6.07, 6.45) is 5.94. The summed E-state index contributed by atoms with van der Waals surface area (Å²) in [7, 11) is 0. The van der Waals surface area contributed by atoms with Gasteiger partial charge in [0.2, 0.25) is 0 Å². The van der Waals surface area contributed by atoms with Gasteiger partial charge in [-0.1, -0.05) is 0 Å². The lowest BCUT2D eigenvalue weighted by Gasteiger charge is -2.62. The van der Waals surface area contributed by atoms with Crippen LogP contribution >= 0.6 is 0 Å². The van der Waals surface area contributed by atoms with Gasteiger partial charge in [0.05, 0.1) is 12.0 Å². The second-order valence-corrected chi connectivity index (χ2v) is 7.81. The van der Waals surface area contributed by atoms with Gasteiger partial charge in [0.25, 0.3) is 0 Å². The van der Waals surface area contributed by atoms with Crippen molar-refractivity contribution in [1.82, 2.24) is 10.6 Å². The lowest BCUT2D eigenvalue weighted by Crippen LogP contribution is -2.62. The molecule has 6 nitrogen and oxygen atoms in total. The van der Waals surface area contributed by atoms with Gasteiger partial charge in [-0.25, -0.2) is 4.79 Å². The van der Waals surface area contributed by atoms with Crippen molar-refractivity contribution in [3.63, 3.8) is 0 Å². The minimum Gasteiger partial charge on any atom is -0.481 e. The van der Waals surface area contributed by atoms with Crippen molar-refractivity contribution < 1.29 is 19.8 Å². The van der Waals surface area contributed by atoms with Crippen LogP contribution in [-0.2, 0) is 4.79 Å². The molecule has 0 saturated heterocycles. The fourth-order valence-electron chi connectivity index (χ4n) is 5.47. The van der Waals surface area contributed by atoms with Crippen LogP contribution in [0.2, 0.25) is 0 Å². The highest BCUT2D eigenvalue weighted by molar-refractivity contribution is 5.75. The molecule has 0 aliphatic heterocycles. The largest absolute Gasteiger partial charge is 0.481 e. The number of hydrogen-bond acceptors (Lipinski definition) is 3. The Hall–Kier alpha value is -1.30. The van der Waals surface area contributed by atoms with Gasteiger partial charge in [-0.3, -0.25) is 4.79 Å². The number of aliphatic hydroxyl groups is 1. The third kappa shape index (κ3) is 2.93. The van der Waals surface area contributed by atoms with E-state index in [4.69, 9.17) is 5.11 Å². The quantitative estimate of drug-likeness (QED) is 0.618. The summed E-state index contributed by atoms with van der Waals surface area (Å²) in [5, 5.41) is 24.9. The van der Waals surface area contributed by atoms with Crippen molar-refractivity contribution in [2.24, 2.45) is 17.3 Å². The molecule has 22 heavy (non-hydrogen) atoms. The number of carboxylic acids is 1. The first kappa shape index (κ1) is 15.6. The van der Waals surface area contributed by atoms with Gasteiger partial charge in [-0.05, 0) is 62.7 Å². The van der Waals surface area contributed by atoms with Crippen LogP contribution in [0.15, 0.2) is 0 Å². The number of carbonyl (C=O) groups is 2. The minimum absolute atomic E-state index is 0.00295. The van der Waals surface area contributed by atoms with Gasteiger partial charge in [-0.15, -0.1) is 0 Å². The highest BCUT2D eigenvalue weighted by Gasteiger charge is 2.58. The Balaban J connectivity index is 1.59.